The molecule has 1 aliphatic rings. The number of aliphatic hydroxyl groups excluding tert-OH is 3. The minimum absolute atomic E-state index is 0.00320. The molecule has 3 N–H and O–H groups in total. The first kappa shape index (κ1) is 20.9. The Balaban J connectivity index is 1.85. The molecule has 5 atom stereocenters. The summed E-state index contributed by atoms with van der Waals surface area (Å²) in [5.41, 5.74) is 3.03. The summed E-state index contributed by atoms with van der Waals surface area (Å²) in [6.45, 7) is 1.52. The number of carbonyl (C=O) groups excluding carboxylic acids is 1. The molecule has 1 saturated heterocycles. The Kier molecular flexibility index (Phi) is 6.50. The van der Waals surface area contributed by atoms with Crippen LogP contribution < -0.4 is 0 Å². The molecule has 0 spiro atoms. The highest BCUT2D eigenvalue weighted by molar-refractivity contribution is 6.31. The molecule has 6 nitrogen and oxygen atoms in total. The van der Waals surface area contributed by atoms with Crippen LogP contribution in [-0.2, 0) is 15.9 Å². The van der Waals surface area contributed by atoms with E-state index >= 15 is 0 Å². The zero-order valence-electron chi connectivity index (χ0n) is 15.6. The molecule has 0 bridgehead atoms. The number of benzene rings is 2. The van der Waals surface area contributed by atoms with E-state index in [2.05, 4.69) is 0 Å². The fraction of sp³-hybridized carbons (Fsp3) is 0.381. The van der Waals surface area contributed by atoms with Gasteiger partial charge in [-0.05, 0) is 36.1 Å². The average Bonchev–Trinajstić information content (AvgIpc) is 2.69. The van der Waals surface area contributed by atoms with Crippen molar-refractivity contribution in [3.8, 4) is 0 Å². The summed E-state index contributed by atoms with van der Waals surface area (Å²) >= 11 is 6.34. The van der Waals surface area contributed by atoms with E-state index in [-0.39, 0.29) is 5.78 Å². The van der Waals surface area contributed by atoms with Crippen LogP contribution in [0, 0.1) is 0 Å². The first-order chi connectivity index (χ1) is 13.3. The van der Waals surface area contributed by atoms with Gasteiger partial charge in [0.05, 0.1) is 0 Å². The van der Waals surface area contributed by atoms with E-state index in [0.29, 0.717) is 22.6 Å². The molecule has 0 aliphatic carbocycles. The second-order valence-corrected chi connectivity index (χ2v) is 7.32. The Morgan fingerprint density at radius 3 is 2.36 bits per heavy atom. The van der Waals surface area contributed by atoms with Crippen molar-refractivity contribution >= 4 is 17.4 Å². The van der Waals surface area contributed by atoms with Crippen molar-refractivity contribution < 1.29 is 29.6 Å². The van der Waals surface area contributed by atoms with Gasteiger partial charge in [-0.15, -0.1) is 0 Å². The molecule has 1 heterocycles. The Morgan fingerprint density at radius 2 is 1.75 bits per heavy atom. The maximum atomic E-state index is 11.4. The van der Waals surface area contributed by atoms with Gasteiger partial charge < -0.3 is 24.8 Å². The van der Waals surface area contributed by atoms with Crippen LogP contribution in [-0.4, -0.2) is 52.8 Å². The summed E-state index contributed by atoms with van der Waals surface area (Å²) in [6, 6.07) is 12.5. The second-order valence-electron chi connectivity index (χ2n) is 6.91. The minimum atomic E-state index is -1.40. The Labute approximate surface area is 168 Å². The van der Waals surface area contributed by atoms with Crippen molar-refractivity contribution in [2.24, 2.45) is 0 Å². The molecule has 2 aromatic rings. The predicted octanol–water partition coefficient (Wildman–Crippen LogP) is 2.26. The van der Waals surface area contributed by atoms with Gasteiger partial charge in [0.2, 0.25) is 0 Å². The minimum Gasteiger partial charge on any atom is -0.387 e. The lowest BCUT2D eigenvalue weighted by Gasteiger charge is -2.40. The summed E-state index contributed by atoms with van der Waals surface area (Å²) in [6.07, 6.45) is -5.47. The molecule has 7 heteroatoms. The van der Waals surface area contributed by atoms with Crippen LogP contribution in [0.4, 0.5) is 0 Å². The molecule has 0 radical (unpaired) electrons. The molecule has 2 aromatic carbocycles. The number of Topliss-reactive ketones (excluding diaryl/α,β-unsaturated/α-hetero) is 1. The lowest BCUT2D eigenvalue weighted by atomic mass is 9.92. The van der Waals surface area contributed by atoms with Crippen LogP contribution in [0.3, 0.4) is 0 Å². The van der Waals surface area contributed by atoms with Crippen LogP contribution in [0.15, 0.2) is 42.5 Å². The quantitative estimate of drug-likeness (QED) is 0.659. The predicted molar refractivity (Wildman–Crippen MR) is 103 cm³/mol. The van der Waals surface area contributed by atoms with E-state index in [1.165, 1.54) is 14.0 Å². The number of ketones is 1. The third kappa shape index (κ3) is 4.27. The summed E-state index contributed by atoms with van der Waals surface area (Å²) in [4.78, 5) is 11.4. The van der Waals surface area contributed by atoms with Crippen LogP contribution in [0.2, 0.25) is 5.02 Å². The lowest BCUT2D eigenvalue weighted by molar-refractivity contribution is -0.292. The van der Waals surface area contributed by atoms with Gasteiger partial charge in [-0.1, -0.05) is 48.0 Å². The highest BCUT2D eigenvalue weighted by Crippen LogP contribution is 2.34. The normalized spacial score (nSPS) is 27.6. The number of rotatable bonds is 5. The SMILES string of the molecule is COC1O[C@@H](c2ccc(Cl)c(Cc3ccc(C(C)=O)cc3)c2)[C@H](O)[C@@H](O)C1O. The Hall–Kier alpha value is -1.80. The van der Waals surface area contributed by atoms with E-state index in [1.807, 2.05) is 12.1 Å². The van der Waals surface area contributed by atoms with Gasteiger partial charge in [-0.3, -0.25) is 4.79 Å². The molecule has 2 unspecified atom stereocenters. The van der Waals surface area contributed by atoms with Gasteiger partial charge in [-0.2, -0.15) is 0 Å². The van der Waals surface area contributed by atoms with Gasteiger partial charge in [0.1, 0.15) is 24.4 Å². The fourth-order valence-corrected chi connectivity index (χ4v) is 3.49. The molecule has 1 aliphatic heterocycles. The number of methoxy groups -OCH3 is 1. The van der Waals surface area contributed by atoms with Crippen molar-refractivity contribution in [2.75, 3.05) is 7.11 Å². The molecular weight excluding hydrogens is 384 g/mol. The second kappa shape index (κ2) is 8.69. The van der Waals surface area contributed by atoms with E-state index in [9.17, 15) is 20.1 Å². The van der Waals surface area contributed by atoms with Crippen molar-refractivity contribution in [3.05, 3.63) is 69.7 Å². The summed E-state index contributed by atoms with van der Waals surface area (Å²) < 4.78 is 10.7. The standard InChI is InChI=1S/C21H23ClO6/c1-11(23)13-5-3-12(4-6-13)9-15-10-14(7-8-16(15)22)20-18(25)17(24)19(26)21(27-2)28-20/h3-8,10,17-21,24-26H,9H2,1-2H3/t17-,18-,19?,20+,21?/m1/s1. The van der Waals surface area contributed by atoms with Crippen LogP contribution >= 0.6 is 11.6 Å². The first-order valence-electron chi connectivity index (χ1n) is 8.92. The number of aliphatic hydroxyl groups is 3. The van der Waals surface area contributed by atoms with Crippen molar-refractivity contribution in [3.63, 3.8) is 0 Å². The zero-order chi connectivity index (χ0) is 20.4. The Morgan fingerprint density at radius 1 is 1.07 bits per heavy atom. The number of hydrogen-bond acceptors (Lipinski definition) is 6. The molecule has 3 rings (SSSR count). The summed E-state index contributed by atoms with van der Waals surface area (Å²) in [5.74, 6) is 0.00320. The number of carbonyl (C=O) groups is 1. The number of ether oxygens (including phenoxy) is 2. The highest BCUT2D eigenvalue weighted by atomic mass is 35.5. The van der Waals surface area contributed by atoms with Crippen LogP contribution in [0.5, 0.6) is 0 Å². The van der Waals surface area contributed by atoms with Crippen LogP contribution in [0.1, 0.15) is 40.1 Å². The van der Waals surface area contributed by atoms with E-state index in [4.69, 9.17) is 21.1 Å². The maximum Gasteiger partial charge on any atom is 0.186 e. The largest absolute Gasteiger partial charge is 0.387 e. The average molecular weight is 407 g/mol. The third-order valence-electron chi connectivity index (χ3n) is 4.96. The number of halogens is 1. The maximum absolute atomic E-state index is 11.4. The fourth-order valence-electron chi connectivity index (χ4n) is 3.30. The van der Waals surface area contributed by atoms with Crippen molar-refractivity contribution in [1.82, 2.24) is 0 Å². The van der Waals surface area contributed by atoms with E-state index in [0.717, 1.165) is 11.1 Å². The number of hydrogen-bond donors (Lipinski definition) is 3. The van der Waals surface area contributed by atoms with Gasteiger partial charge in [0.25, 0.3) is 0 Å². The molecule has 1 fully saturated rings. The summed E-state index contributed by atoms with van der Waals surface area (Å²) in [5, 5.41) is 30.9. The molecule has 0 amide bonds. The van der Waals surface area contributed by atoms with Crippen LogP contribution in [0.25, 0.3) is 0 Å². The third-order valence-corrected chi connectivity index (χ3v) is 5.32. The van der Waals surface area contributed by atoms with Gasteiger partial charge >= 0.3 is 0 Å². The smallest absolute Gasteiger partial charge is 0.186 e. The summed E-state index contributed by atoms with van der Waals surface area (Å²) in [7, 11) is 1.35. The highest BCUT2D eigenvalue weighted by Gasteiger charge is 2.44. The molecule has 150 valence electrons. The van der Waals surface area contributed by atoms with Gasteiger partial charge in [0, 0.05) is 17.7 Å². The van der Waals surface area contributed by atoms with E-state index < -0.39 is 30.7 Å². The lowest BCUT2D eigenvalue weighted by Crippen LogP contribution is -2.54. The van der Waals surface area contributed by atoms with Gasteiger partial charge in [0.15, 0.2) is 12.1 Å². The molecular formula is C21H23ClO6. The van der Waals surface area contributed by atoms with Crippen molar-refractivity contribution in [1.29, 1.82) is 0 Å². The molecule has 0 aromatic heterocycles. The van der Waals surface area contributed by atoms with E-state index in [1.54, 1.807) is 30.3 Å². The Bertz CT molecular complexity index is 835. The van der Waals surface area contributed by atoms with Gasteiger partial charge in [-0.25, -0.2) is 0 Å². The monoisotopic (exact) mass is 406 g/mol. The first-order valence-corrected chi connectivity index (χ1v) is 9.30. The topological polar surface area (TPSA) is 96.2 Å². The molecule has 28 heavy (non-hydrogen) atoms. The molecule has 0 saturated carbocycles. The van der Waals surface area contributed by atoms with Crippen molar-refractivity contribution in [2.45, 2.75) is 44.1 Å². The zero-order valence-corrected chi connectivity index (χ0v) is 16.3.